The minimum Gasteiger partial charge on any atom is -0.348 e. The van der Waals surface area contributed by atoms with E-state index in [0.29, 0.717) is 17.5 Å². The summed E-state index contributed by atoms with van der Waals surface area (Å²) in [6, 6.07) is 33.4. The van der Waals surface area contributed by atoms with Gasteiger partial charge in [0.2, 0.25) is 0 Å². The second kappa shape index (κ2) is 17.8. The van der Waals surface area contributed by atoms with E-state index in [1.54, 1.807) is 12.4 Å². The molecule has 3 fully saturated rings. The summed E-state index contributed by atoms with van der Waals surface area (Å²) in [5.74, 6) is -0.105. The second-order valence-electron chi connectivity index (χ2n) is 16.5. The molecule has 4 aromatic carbocycles. The van der Waals surface area contributed by atoms with Crippen LogP contribution in [0.2, 0.25) is 0 Å². The molecule has 3 saturated carbocycles. The predicted molar refractivity (Wildman–Crippen MR) is 243 cm³/mol. The number of carbonyl (C=O) groups is 2. The number of alkyl halides is 3. The summed E-state index contributed by atoms with van der Waals surface area (Å²) in [6.07, 6.45) is 5.31. The first-order valence-electron chi connectivity index (χ1n) is 21.2. The Kier molecular flexibility index (Phi) is 11.8. The summed E-state index contributed by atoms with van der Waals surface area (Å²) in [5, 5.41) is 18.9. The van der Waals surface area contributed by atoms with Crippen molar-refractivity contribution in [3.63, 3.8) is 0 Å². The fraction of sp³-hybridized carbons (Fsp3) is 0.224. The van der Waals surface area contributed by atoms with Crippen molar-refractivity contribution in [1.29, 1.82) is 0 Å². The average Bonchev–Trinajstić information content (AvgIpc) is 4.22. The van der Waals surface area contributed by atoms with Gasteiger partial charge in [-0.1, -0.05) is 18.2 Å². The van der Waals surface area contributed by atoms with Crippen molar-refractivity contribution in [3.05, 3.63) is 167 Å². The van der Waals surface area contributed by atoms with E-state index >= 15 is 0 Å². The summed E-state index contributed by atoms with van der Waals surface area (Å²) in [4.78, 5) is 33.5. The van der Waals surface area contributed by atoms with Crippen LogP contribution in [0, 0.1) is 5.82 Å². The zero-order valence-electron chi connectivity index (χ0n) is 34.7. The number of hydrogen-bond acceptors (Lipinski definition) is 6. The van der Waals surface area contributed by atoms with Crippen LogP contribution in [0.4, 0.5) is 33.7 Å². The summed E-state index contributed by atoms with van der Waals surface area (Å²) < 4.78 is 57.4. The smallest absolute Gasteiger partial charge is 0.348 e. The van der Waals surface area contributed by atoms with E-state index < -0.39 is 23.6 Å². The number of halogens is 5. The Morgan fingerprint density at radius 2 is 1.26 bits per heavy atom. The first kappa shape index (κ1) is 43.1. The molecular formula is C49H42ClF4N9O2. The SMILES string of the molecule is Cl.O=C(NCc1ccc2ncccc2c1)c1ccc(-n2nc(C(F)(F)F)cc2C2CC2)c(F)c1.O=C(Nc1ccc(-n2nc(C3CC3)cc2C2CC2)cc1)Nc1ccc2ncccc2c1. The summed E-state index contributed by atoms with van der Waals surface area (Å²) in [5.41, 5.74) is 6.87. The van der Waals surface area contributed by atoms with E-state index in [0.717, 1.165) is 74.1 Å². The van der Waals surface area contributed by atoms with Gasteiger partial charge in [0.05, 0.1) is 22.4 Å². The molecule has 0 unspecified atom stereocenters. The van der Waals surface area contributed by atoms with E-state index in [1.165, 1.54) is 49.2 Å². The van der Waals surface area contributed by atoms with Gasteiger partial charge in [-0.05, 0) is 141 Å². The van der Waals surface area contributed by atoms with Crippen LogP contribution in [-0.2, 0) is 12.7 Å². The number of aromatic nitrogens is 6. The monoisotopic (exact) mass is 899 g/mol. The molecule has 0 bridgehead atoms. The lowest BCUT2D eigenvalue weighted by Crippen LogP contribution is -2.23. The maximum absolute atomic E-state index is 14.9. The second-order valence-corrected chi connectivity index (χ2v) is 16.5. The van der Waals surface area contributed by atoms with Gasteiger partial charge in [0.25, 0.3) is 5.91 Å². The molecule has 4 aromatic heterocycles. The molecule has 0 radical (unpaired) electrons. The first-order valence-corrected chi connectivity index (χ1v) is 21.2. The lowest BCUT2D eigenvalue weighted by atomic mass is 10.1. The topological polar surface area (TPSA) is 132 Å². The maximum atomic E-state index is 14.9. The van der Waals surface area contributed by atoms with Crippen LogP contribution in [-0.4, -0.2) is 41.5 Å². The summed E-state index contributed by atoms with van der Waals surface area (Å²) in [6.45, 7) is 0.229. The van der Waals surface area contributed by atoms with Crippen LogP contribution >= 0.6 is 12.4 Å². The third-order valence-corrected chi connectivity index (χ3v) is 11.6. The van der Waals surface area contributed by atoms with Crippen molar-refractivity contribution in [2.24, 2.45) is 0 Å². The van der Waals surface area contributed by atoms with Gasteiger partial charge in [-0.3, -0.25) is 14.8 Å². The largest absolute Gasteiger partial charge is 0.435 e. The number of urea groups is 1. The number of carbonyl (C=O) groups excluding carboxylic acids is 2. The number of hydrogen-bond donors (Lipinski definition) is 3. The molecule has 0 spiro atoms. The van der Waals surface area contributed by atoms with Crippen molar-refractivity contribution in [1.82, 2.24) is 34.8 Å². The Morgan fingerprint density at radius 1 is 0.646 bits per heavy atom. The zero-order chi connectivity index (χ0) is 44.0. The van der Waals surface area contributed by atoms with Crippen molar-refractivity contribution in [2.45, 2.75) is 69.0 Å². The number of pyridine rings is 2. The van der Waals surface area contributed by atoms with E-state index in [9.17, 15) is 27.2 Å². The highest BCUT2D eigenvalue weighted by Crippen LogP contribution is 2.46. The molecule has 3 aliphatic rings. The van der Waals surface area contributed by atoms with E-state index in [1.807, 2.05) is 84.9 Å². The van der Waals surface area contributed by atoms with Crippen molar-refractivity contribution < 1.29 is 27.2 Å². The van der Waals surface area contributed by atoms with E-state index in [2.05, 4.69) is 41.8 Å². The number of nitrogens with one attached hydrogen (secondary N) is 3. The van der Waals surface area contributed by atoms with Gasteiger partial charge in [-0.25, -0.2) is 18.5 Å². The third-order valence-electron chi connectivity index (χ3n) is 11.6. The maximum Gasteiger partial charge on any atom is 0.435 e. The minimum absolute atomic E-state index is 0. The minimum atomic E-state index is -4.62. The van der Waals surface area contributed by atoms with Gasteiger partial charge in [0.15, 0.2) is 5.69 Å². The standard InChI is InChI=1S/C25H23N5O.C24H18F4N4O.ClH/c31-25(28-20-9-12-22-18(14-20)2-1-13-26-22)27-19-7-10-21(11-8-19)30-24(17-5-6-17)15-23(29-30)16-3-4-16;25-18-11-17(23(33)30-13-14-3-7-19-16(10-14)2-1-9-29-19)6-8-20(18)32-21(15-4-5-15)12-22(31-32)24(26,27)28;/h1-2,7-17H,3-6H2,(H2,27,28,31);1-3,6-12,15H,4-5,13H2,(H,30,33);1H. The Labute approximate surface area is 376 Å². The number of benzene rings is 4. The molecule has 11 nitrogen and oxygen atoms in total. The Morgan fingerprint density at radius 3 is 1.91 bits per heavy atom. The number of fused-ring (bicyclic) bond motifs is 2. The first-order chi connectivity index (χ1) is 31.0. The highest BCUT2D eigenvalue weighted by atomic mass is 35.5. The van der Waals surface area contributed by atoms with Crippen LogP contribution in [0.1, 0.15) is 95.0 Å². The molecule has 11 rings (SSSR count). The average molecular weight is 900 g/mol. The molecule has 0 aliphatic heterocycles. The van der Waals surface area contributed by atoms with Gasteiger partial charge >= 0.3 is 12.2 Å². The van der Waals surface area contributed by atoms with Gasteiger partial charge < -0.3 is 16.0 Å². The molecule has 0 atom stereocenters. The number of nitrogens with zero attached hydrogens (tertiary/aromatic N) is 6. The number of rotatable bonds is 10. The van der Waals surface area contributed by atoms with Gasteiger partial charge in [0.1, 0.15) is 11.5 Å². The Balaban J connectivity index is 0.000000162. The summed E-state index contributed by atoms with van der Waals surface area (Å²) >= 11 is 0. The molecule has 330 valence electrons. The molecule has 0 saturated heterocycles. The van der Waals surface area contributed by atoms with Crippen LogP contribution in [0.15, 0.2) is 128 Å². The molecule has 8 aromatic rings. The van der Waals surface area contributed by atoms with Crippen molar-refractivity contribution in [3.8, 4) is 11.4 Å². The van der Waals surface area contributed by atoms with Crippen LogP contribution < -0.4 is 16.0 Å². The van der Waals surface area contributed by atoms with Crippen LogP contribution in [0.25, 0.3) is 33.2 Å². The highest BCUT2D eigenvalue weighted by molar-refractivity contribution is 6.01. The highest BCUT2D eigenvalue weighted by Gasteiger charge is 2.38. The van der Waals surface area contributed by atoms with E-state index in [4.69, 9.17) is 5.10 Å². The normalized spacial score (nSPS) is 14.6. The molecule has 3 aliphatic carbocycles. The predicted octanol–water partition coefficient (Wildman–Crippen LogP) is 11.6. The Hall–Kier alpha value is -7.13. The summed E-state index contributed by atoms with van der Waals surface area (Å²) in [7, 11) is 0. The fourth-order valence-electron chi connectivity index (χ4n) is 7.74. The van der Waals surface area contributed by atoms with Gasteiger partial charge in [-0.2, -0.15) is 23.4 Å². The Bertz CT molecular complexity index is 3050. The molecule has 4 heterocycles. The molecule has 16 heteroatoms. The fourth-order valence-corrected chi connectivity index (χ4v) is 7.74. The zero-order valence-corrected chi connectivity index (χ0v) is 35.5. The van der Waals surface area contributed by atoms with Crippen molar-refractivity contribution in [2.75, 3.05) is 10.6 Å². The molecule has 65 heavy (non-hydrogen) atoms. The van der Waals surface area contributed by atoms with Crippen LogP contribution in [0.5, 0.6) is 0 Å². The lowest BCUT2D eigenvalue weighted by Gasteiger charge is -2.10. The molecule has 3 amide bonds. The van der Waals surface area contributed by atoms with Crippen molar-refractivity contribution >= 4 is 57.5 Å². The van der Waals surface area contributed by atoms with Crippen LogP contribution in [0.3, 0.4) is 0 Å². The number of amides is 3. The third kappa shape index (κ3) is 9.85. The van der Waals surface area contributed by atoms with Gasteiger partial charge in [0, 0.05) is 75.8 Å². The van der Waals surface area contributed by atoms with E-state index in [-0.39, 0.29) is 42.2 Å². The molecular weight excluding hydrogens is 858 g/mol. The van der Waals surface area contributed by atoms with Gasteiger partial charge in [-0.15, -0.1) is 12.4 Å². The number of anilines is 2. The molecule has 3 N–H and O–H groups in total. The lowest BCUT2D eigenvalue weighted by molar-refractivity contribution is -0.141. The quantitative estimate of drug-likeness (QED) is 0.117.